The van der Waals surface area contributed by atoms with Crippen molar-refractivity contribution in [1.29, 1.82) is 0 Å². The van der Waals surface area contributed by atoms with Crippen LogP contribution in [0.4, 0.5) is 0 Å². The van der Waals surface area contributed by atoms with Crippen molar-refractivity contribution in [3.8, 4) is 0 Å². The fourth-order valence-electron chi connectivity index (χ4n) is 3.07. The molecule has 1 heterocycles. The van der Waals surface area contributed by atoms with Crippen molar-refractivity contribution < 1.29 is 5.11 Å². The Labute approximate surface area is 106 Å². The van der Waals surface area contributed by atoms with Gasteiger partial charge in [0, 0.05) is 25.2 Å². The van der Waals surface area contributed by atoms with E-state index in [1.54, 1.807) is 0 Å². The third kappa shape index (κ3) is 3.43. The zero-order valence-electron chi connectivity index (χ0n) is 11.4. The molecule has 3 atom stereocenters. The predicted octanol–water partition coefficient (Wildman–Crippen LogP) is 1.61. The van der Waals surface area contributed by atoms with E-state index in [1.807, 2.05) is 6.92 Å². The Morgan fingerprint density at radius 1 is 1.35 bits per heavy atom. The molecular formula is C14H28N2O. The molecule has 0 radical (unpaired) electrons. The van der Waals surface area contributed by atoms with Crippen LogP contribution in [0.5, 0.6) is 0 Å². The van der Waals surface area contributed by atoms with Gasteiger partial charge in [0.25, 0.3) is 0 Å². The first-order valence-electron chi connectivity index (χ1n) is 7.36. The molecule has 1 aliphatic heterocycles. The normalized spacial score (nSPS) is 33.4. The Kier molecular flexibility index (Phi) is 4.83. The SMILES string of the molecule is CCCNC1CC(C(C)O)CN(C2CCC2)C1. The first-order valence-corrected chi connectivity index (χ1v) is 7.36. The number of nitrogens with one attached hydrogen (secondary N) is 1. The lowest BCUT2D eigenvalue weighted by atomic mass is 9.84. The summed E-state index contributed by atoms with van der Waals surface area (Å²) in [6.45, 7) is 7.56. The van der Waals surface area contributed by atoms with E-state index in [4.69, 9.17) is 0 Å². The zero-order chi connectivity index (χ0) is 12.3. The summed E-state index contributed by atoms with van der Waals surface area (Å²) >= 11 is 0. The van der Waals surface area contributed by atoms with Gasteiger partial charge in [0.1, 0.15) is 0 Å². The number of aliphatic hydroxyl groups excluding tert-OH is 1. The molecule has 1 aliphatic carbocycles. The van der Waals surface area contributed by atoms with Crippen LogP contribution >= 0.6 is 0 Å². The molecule has 0 aromatic carbocycles. The molecule has 17 heavy (non-hydrogen) atoms. The van der Waals surface area contributed by atoms with Crippen LogP contribution in [0.1, 0.15) is 46.0 Å². The molecule has 0 spiro atoms. The lowest BCUT2D eigenvalue weighted by Crippen LogP contribution is -2.55. The second-order valence-corrected chi connectivity index (χ2v) is 5.93. The minimum Gasteiger partial charge on any atom is -0.393 e. The average molecular weight is 240 g/mol. The summed E-state index contributed by atoms with van der Waals surface area (Å²) in [5, 5.41) is 13.5. The summed E-state index contributed by atoms with van der Waals surface area (Å²) in [7, 11) is 0. The van der Waals surface area contributed by atoms with Crippen molar-refractivity contribution in [1.82, 2.24) is 10.2 Å². The molecular weight excluding hydrogens is 212 g/mol. The van der Waals surface area contributed by atoms with Gasteiger partial charge in [-0.1, -0.05) is 13.3 Å². The largest absolute Gasteiger partial charge is 0.393 e. The van der Waals surface area contributed by atoms with Gasteiger partial charge in [-0.25, -0.2) is 0 Å². The lowest BCUT2D eigenvalue weighted by Gasteiger charge is -2.46. The number of likely N-dealkylation sites (tertiary alicyclic amines) is 1. The molecule has 1 saturated heterocycles. The Bertz CT molecular complexity index is 228. The number of piperidine rings is 1. The molecule has 0 bridgehead atoms. The van der Waals surface area contributed by atoms with Gasteiger partial charge in [-0.15, -0.1) is 0 Å². The molecule has 3 heteroatoms. The molecule has 1 saturated carbocycles. The van der Waals surface area contributed by atoms with Crippen molar-refractivity contribution in [3.05, 3.63) is 0 Å². The summed E-state index contributed by atoms with van der Waals surface area (Å²) in [6.07, 6.45) is 6.30. The topological polar surface area (TPSA) is 35.5 Å². The number of hydrogen-bond acceptors (Lipinski definition) is 3. The van der Waals surface area contributed by atoms with Crippen LogP contribution in [0.2, 0.25) is 0 Å². The molecule has 2 aliphatic rings. The molecule has 0 aromatic heterocycles. The molecule has 100 valence electrons. The van der Waals surface area contributed by atoms with E-state index in [2.05, 4.69) is 17.1 Å². The molecule has 2 rings (SSSR count). The highest BCUT2D eigenvalue weighted by Gasteiger charge is 2.34. The predicted molar refractivity (Wildman–Crippen MR) is 71.1 cm³/mol. The Hall–Kier alpha value is -0.120. The van der Waals surface area contributed by atoms with Gasteiger partial charge in [-0.2, -0.15) is 0 Å². The number of aliphatic hydroxyl groups is 1. The molecule has 3 unspecified atom stereocenters. The van der Waals surface area contributed by atoms with Crippen molar-refractivity contribution >= 4 is 0 Å². The second kappa shape index (κ2) is 6.17. The lowest BCUT2D eigenvalue weighted by molar-refractivity contribution is 0.0107. The van der Waals surface area contributed by atoms with Gasteiger partial charge in [0.05, 0.1) is 6.10 Å². The summed E-state index contributed by atoms with van der Waals surface area (Å²) in [5.74, 6) is 0.457. The molecule has 2 fully saturated rings. The summed E-state index contributed by atoms with van der Waals surface area (Å²) in [4.78, 5) is 2.62. The fraction of sp³-hybridized carbons (Fsp3) is 1.00. The van der Waals surface area contributed by atoms with E-state index >= 15 is 0 Å². The number of nitrogens with zero attached hydrogens (tertiary/aromatic N) is 1. The number of rotatable bonds is 5. The first-order chi connectivity index (χ1) is 8.20. The van der Waals surface area contributed by atoms with E-state index in [0.29, 0.717) is 12.0 Å². The zero-order valence-corrected chi connectivity index (χ0v) is 11.4. The quantitative estimate of drug-likeness (QED) is 0.766. The smallest absolute Gasteiger partial charge is 0.0553 e. The maximum Gasteiger partial charge on any atom is 0.0553 e. The van der Waals surface area contributed by atoms with Crippen molar-refractivity contribution in [3.63, 3.8) is 0 Å². The van der Waals surface area contributed by atoms with Gasteiger partial charge in [0.2, 0.25) is 0 Å². The van der Waals surface area contributed by atoms with Gasteiger partial charge in [0.15, 0.2) is 0 Å². The van der Waals surface area contributed by atoms with Gasteiger partial charge in [-0.05, 0) is 45.1 Å². The van der Waals surface area contributed by atoms with Gasteiger partial charge in [-0.3, -0.25) is 4.90 Å². The third-order valence-corrected chi connectivity index (χ3v) is 4.47. The highest BCUT2D eigenvalue weighted by Crippen LogP contribution is 2.30. The minimum absolute atomic E-state index is 0.163. The highest BCUT2D eigenvalue weighted by molar-refractivity contribution is 4.91. The van der Waals surface area contributed by atoms with E-state index in [-0.39, 0.29) is 6.10 Å². The number of hydrogen-bond donors (Lipinski definition) is 2. The van der Waals surface area contributed by atoms with E-state index in [0.717, 1.165) is 25.6 Å². The Balaban J connectivity index is 1.89. The van der Waals surface area contributed by atoms with Gasteiger partial charge >= 0.3 is 0 Å². The highest BCUT2D eigenvalue weighted by atomic mass is 16.3. The van der Waals surface area contributed by atoms with Crippen molar-refractivity contribution in [2.24, 2.45) is 5.92 Å². The molecule has 0 aromatic rings. The van der Waals surface area contributed by atoms with Gasteiger partial charge < -0.3 is 10.4 Å². The van der Waals surface area contributed by atoms with Crippen molar-refractivity contribution in [2.75, 3.05) is 19.6 Å². The summed E-state index contributed by atoms with van der Waals surface area (Å²) in [6, 6.07) is 1.39. The van der Waals surface area contributed by atoms with Crippen LogP contribution in [0.25, 0.3) is 0 Å². The second-order valence-electron chi connectivity index (χ2n) is 5.93. The first kappa shape index (κ1) is 13.3. The van der Waals surface area contributed by atoms with E-state index in [1.165, 1.54) is 32.2 Å². The van der Waals surface area contributed by atoms with Crippen LogP contribution in [0.15, 0.2) is 0 Å². The molecule has 3 nitrogen and oxygen atoms in total. The summed E-state index contributed by atoms with van der Waals surface area (Å²) in [5.41, 5.74) is 0. The molecule has 0 amide bonds. The minimum atomic E-state index is -0.163. The van der Waals surface area contributed by atoms with E-state index in [9.17, 15) is 5.11 Å². The van der Waals surface area contributed by atoms with Crippen molar-refractivity contribution in [2.45, 2.75) is 64.1 Å². The van der Waals surface area contributed by atoms with E-state index < -0.39 is 0 Å². The summed E-state index contributed by atoms with van der Waals surface area (Å²) < 4.78 is 0. The standard InChI is InChI=1S/C14H28N2O/c1-3-7-15-13-8-12(11(2)17)9-16(10-13)14-5-4-6-14/h11-15,17H,3-10H2,1-2H3. The maximum atomic E-state index is 9.86. The Morgan fingerprint density at radius 3 is 2.65 bits per heavy atom. The average Bonchev–Trinajstić information content (AvgIpc) is 2.23. The monoisotopic (exact) mass is 240 g/mol. The maximum absolute atomic E-state index is 9.86. The Morgan fingerprint density at radius 2 is 2.12 bits per heavy atom. The van der Waals surface area contributed by atoms with Crippen LogP contribution in [-0.2, 0) is 0 Å². The molecule has 2 N–H and O–H groups in total. The van der Waals surface area contributed by atoms with Crippen LogP contribution in [-0.4, -0.2) is 47.8 Å². The van der Waals surface area contributed by atoms with Crippen LogP contribution in [0, 0.1) is 5.92 Å². The van der Waals surface area contributed by atoms with Crippen LogP contribution in [0.3, 0.4) is 0 Å². The fourth-order valence-corrected chi connectivity index (χ4v) is 3.07. The third-order valence-electron chi connectivity index (χ3n) is 4.47. The van der Waals surface area contributed by atoms with Crippen LogP contribution < -0.4 is 5.32 Å².